The van der Waals surface area contributed by atoms with Crippen molar-refractivity contribution >= 4 is 5.91 Å². The fourth-order valence-electron chi connectivity index (χ4n) is 2.65. The molecule has 0 radical (unpaired) electrons. The summed E-state index contributed by atoms with van der Waals surface area (Å²) in [5, 5.41) is 3.22. The number of hydrogen-bond acceptors (Lipinski definition) is 4. The van der Waals surface area contributed by atoms with Crippen molar-refractivity contribution in [2.75, 3.05) is 26.2 Å². The molecule has 5 heteroatoms. The lowest BCUT2D eigenvalue weighted by Gasteiger charge is -2.38. The molecule has 2 rings (SSSR count). The third-order valence-electron chi connectivity index (χ3n) is 3.78. The smallest absolute Gasteiger partial charge is 0.236 e. The molecule has 1 fully saturated rings. The number of nitrogens with zero attached hydrogens (tertiary/aromatic N) is 1. The fourth-order valence-corrected chi connectivity index (χ4v) is 2.65. The van der Waals surface area contributed by atoms with Crippen LogP contribution in [0.2, 0.25) is 0 Å². The van der Waals surface area contributed by atoms with E-state index in [0.717, 1.165) is 18.8 Å². The maximum atomic E-state index is 11.6. The van der Waals surface area contributed by atoms with Gasteiger partial charge in [0.2, 0.25) is 5.91 Å². The van der Waals surface area contributed by atoms with Crippen LogP contribution in [0.5, 0.6) is 5.75 Å². The normalized spacial score (nSPS) is 21.4. The van der Waals surface area contributed by atoms with E-state index in [1.807, 2.05) is 19.1 Å². The SMILES string of the molecule is CCOc1ccc(C(C)N2CCNCC2C(N)=O)cc1. The van der Waals surface area contributed by atoms with Gasteiger partial charge in [0.25, 0.3) is 0 Å². The van der Waals surface area contributed by atoms with Crippen molar-refractivity contribution in [2.24, 2.45) is 5.73 Å². The highest BCUT2D eigenvalue weighted by Crippen LogP contribution is 2.25. The van der Waals surface area contributed by atoms with E-state index in [4.69, 9.17) is 10.5 Å². The number of carbonyl (C=O) groups is 1. The first kappa shape index (κ1) is 14.8. The minimum atomic E-state index is -0.269. The Kier molecular flexibility index (Phi) is 4.98. The number of benzene rings is 1. The van der Waals surface area contributed by atoms with Gasteiger partial charge in [-0.2, -0.15) is 0 Å². The van der Waals surface area contributed by atoms with E-state index < -0.39 is 0 Å². The van der Waals surface area contributed by atoms with Gasteiger partial charge >= 0.3 is 0 Å². The minimum Gasteiger partial charge on any atom is -0.494 e. The molecule has 1 amide bonds. The number of rotatable bonds is 5. The zero-order valence-corrected chi connectivity index (χ0v) is 12.1. The van der Waals surface area contributed by atoms with Gasteiger partial charge in [-0.25, -0.2) is 0 Å². The van der Waals surface area contributed by atoms with Gasteiger partial charge in [-0.3, -0.25) is 9.69 Å². The first-order chi connectivity index (χ1) is 9.63. The molecule has 1 aliphatic rings. The zero-order valence-electron chi connectivity index (χ0n) is 12.1. The Morgan fingerprint density at radius 2 is 2.20 bits per heavy atom. The zero-order chi connectivity index (χ0) is 14.5. The summed E-state index contributed by atoms with van der Waals surface area (Å²) < 4.78 is 5.45. The summed E-state index contributed by atoms with van der Waals surface area (Å²) >= 11 is 0. The lowest BCUT2D eigenvalue weighted by atomic mass is 10.0. The van der Waals surface area contributed by atoms with E-state index in [1.54, 1.807) is 0 Å². The maximum Gasteiger partial charge on any atom is 0.236 e. The maximum absolute atomic E-state index is 11.6. The van der Waals surface area contributed by atoms with Crippen LogP contribution in [0.25, 0.3) is 0 Å². The predicted octanol–water partition coefficient (Wildman–Crippen LogP) is 0.905. The van der Waals surface area contributed by atoms with Gasteiger partial charge in [0.05, 0.1) is 6.61 Å². The highest BCUT2D eigenvalue weighted by Gasteiger charge is 2.30. The molecule has 1 aliphatic heterocycles. The van der Waals surface area contributed by atoms with Crippen LogP contribution in [0.4, 0.5) is 0 Å². The van der Waals surface area contributed by atoms with Crippen LogP contribution in [0.1, 0.15) is 25.5 Å². The summed E-state index contributed by atoms with van der Waals surface area (Å²) in [7, 11) is 0. The average molecular weight is 277 g/mol. The molecule has 0 aromatic heterocycles. The minimum absolute atomic E-state index is 0.158. The van der Waals surface area contributed by atoms with E-state index >= 15 is 0 Å². The first-order valence-corrected chi connectivity index (χ1v) is 7.12. The van der Waals surface area contributed by atoms with Crippen molar-refractivity contribution in [3.8, 4) is 5.75 Å². The molecule has 0 spiro atoms. The molecule has 20 heavy (non-hydrogen) atoms. The molecule has 0 saturated carbocycles. The van der Waals surface area contributed by atoms with E-state index in [9.17, 15) is 4.79 Å². The highest BCUT2D eigenvalue weighted by atomic mass is 16.5. The first-order valence-electron chi connectivity index (χ1n) is 7.12. The van der Waals surface area contributed by atoms with E-state index in [-0.39, 0.29) is 18.0 Å². The Morgan fingerprint density at radius 1 is 1.50 bits per heavy atom. The number of amides is 1. The summed E-state index contributed by atoms with van der Waals surface area (Å²) in [5.74, 6) is 0.602. The molecule has 0 bridgehead atoms. The molecular formula is C15H23N3O2. The quantitative estimate of drug-likeness (QED) is 0.839. The number of primary amides is 1. The fraction of sp³-hybridized carbons (Fsp3) is 0.533. The second-order valence-corrected chi connectivity index (χ2v) is 5.04. The van der Waals surface area contributed by atoms with Crippen molar-refractivity contribution in [1.82, 2.24) is 10.2 Å². The molecule has 1 aromatic carbocycles. The van der Waals surface area contributed by atoms with E-state index in [0.29, 0.717) is 13.2 Å². The van der Waals surface area contributed by atoms with Crippen molar-refractivity contribution < 1.29 is 9.53 Å². The van der Waals surface area contributed by atoms with Crippen LogP contribution in [-0.4, -0.2) is 43.1 Å². The standard InChI is InChI=1S/C15H23N3O2/c1-3-20-13-6-4-12(5-7-13)11(2)18-9-8-17-10-14(18)15(16)19/h4-7,11,14,17H,3,8-10H2,1-2H3,(H2,16,19). The van der Waals surface area contributed by atoms with Gasteiger partial charge in [-0.15, -0.1) is 0 Å². The lowest BCUT2D eigenvalue weighted by Crippen LogP contribution is -2.57. The van der Waals surface area contributed by atoms with Crippen LogP contribution in [0, 0.1) is 0 Å². The topological polar surface area (TPSA) is 67.6 Å². The van der Waals surface area contributed by atoms with Crippen molar-refractivity contribution in [2.45, 2.75) is 25.9 Å². The Labute approximate surface area is 120 Å². The number of piperazine rings is 1. The largest absolute Gasteiger partial charge is 0.494 e. The van der Waals surface area contributed by atoms with Crippen molar-refractivity contribution in [1.29, 1.82) is 0 Å². The summed E-state index contributed by atoms with van der Waals surface area (Å²) in [6.07, 6.45) is 0. The summed E-state index contributed by atoms with van der Waals surface area (Å²) in [6.45, 7) is 7.06. The van der Waals surface area contributed by atoms with Crippen LogP contribution in [0.3, 0.4) is 0 Å². The molecule has 1 heterocycles. The van der Waals surface area contributed by atoms with E-state index in [2.05, 4.69) is 29.3 Å². The van der Waals surface area contributed by atoms with Crippen LogP contribution >= 0.6 is 0 Å². The molecule has 0 aliphatic carbocycles. The average Bonchev–Trinajstić information content (AvgIpc) is 2.47. The molecule has 1 aromatic rings. The Bertz CT molecular complexity index is 447. The van der Waals surface area contributed by atoms with Gasteiger partial charge in [0.1, 0.15) is 11.8 Å². The summed E-state index contributed by atoms with van der Waals surface area (Å²) in [6, 6.07) is 7.95. The molecule has 2 atom stereocenters. The van der Waals surface area contributed by atoms with Gasteiger partial charge in [-0.1, -0.05) is 12.1 Å². The van der Waals surface area contributed by atoms with Crippen LogP contribution in [-0.2, 0) is 4.79 Å². The highest BCUT2D eigenvalue weighted by molar-refractivity contribution is 5.80. The lowest BCUT2D eigenvalue weighted by molar-refractivity contribution is -0.124. The monoisotopic (exact) mass is 277 g/mol. The third-order valence-corrected chi connectivity index (χ3v) is 3.78. The molecule has 3 N–H and O–H groups in total. The van der Waals surface area contributed by atoms with Gasteiger partial charge in [0.15, 0.2) is 0 Å². The molecule has 1 saturated heterocycles. The Hall–Kier alpha value is -1.59. The van der Waals surface area contributed by atoms with Crippen LogP contribution < -0.4 is 15.8 Å². The second kappa shape index (κ2) is 6.72. The summed E-state index contributed by atoms with van der Waals surface area (Å²) in [5.41, 5.74) is 6.66. The molecular weight excluding hydrogens is 254 g/mol. The number of nitrogens with one attached hydrogen (secondary N) is 1. The number of carbonyl (C=O) groups excluding carboxylic acids is 1. The van der Waals surface area contributed by atoms with Gasteiger partial charge < -0.3 is 15.8 Å². The summed E-state index contributed by atoms with van der Waals surface area (Å²) in [4.78, 5) is 13.7. The van der Waals surface area contributed by atoms with Gasteiger partial charge in [0, 0.05) is 25.7 Å². The second-order valence-electron chi connectivity index (χ2n) is 5.04. The van der Waals surface area contributed by atoms with E-state index in [1.165, 1.54) is 5.56 Å². The molecule has 2 unspecified atom stereocenters. The predicted molar refractivity (Wildman–Crippen MR) is 78.6 cm³/mol. The van der Waals surface area contributed by atoms with Crippen LogP contribution in [0.15, 0.2) is 24.3 Å². The number of ether oxygens (including phenoxy) is 1. The van der Waals surface area contributed by atoms with Gasteiger partial charge in [-0.05, 0) is 31.5 Å². The van der Waals surface area contributed by atoms with Crippen molar-refractivity contribution in [3.05, 3.63) is 29.8 Å². The Morgan fingerprint density at radius 3 is 2.80 bits per heavy atom. The molecule has 110 valence electrons. The number of hydrogen-bond donors (Lipinski definition) is 2. The molecule has 5 nitrogen and oxygen atoms in total. The third kappa shape index (κ3) is 3.29. The number of nitrogens with two attached hydrogens (primary N) is 1. The van der Waals surface area contributed by atoms with Crippen molar-refractivity contribution in [3.63, 3.8) is 0 Å². The Balaban J connectivity index is 2.12.